The molecule has 0 aliphatic carbocycles. The Morgan fingerprint density at radius 1 is 1.47 bits per heavy atom. The van der Waals surface area contributed by atoms with Crippen LogP contribution in [0.25, 0.3) is 0 Å². The Bertz CT molecular complexity index is 452. The van der Waals surface area contributed by atoms with Crippen LogP contribution < -0.4 is 5.73 Å². The fourth-order valence-electron chi connectivity index (χ4n) is 1.53. The van der Waals surface area contributed by atoms with E-state index in [4.69, 9.17) is 5.73 Å². The fourth-order valence-corrected chi connectivity index (χ4v) is 4.51. The van der Waals surface area contributed by atoms with Gasteiger partial charge >= 0.3 is 0 Å². The molecule has 0 fully saturated rings. The SMILES string of the molecule is CCN(CC(C)C)S(=O)(=O)c1cc(CN)cs1. The summed E-state index contributed by atoms with van der Waals surface area (Å²) in [6.07, 6.45) is 0. The molecule has 1 aromatic rings. The third kappa shape index (κ3) is 3.51. The standard InChI is InChI=1S/C11H20N2O2S2/c1-4-13(7-9(2)3)17(14,15)11-5-10(6-12)8-16-11/h5,8-9H,4,6-7,12H2,1-3H3. The second-order valence-corrected chi connectivity index (χ2v) is 7.40. The van der Waals surface area contributed by atoms with Crippen LogP contribution in [-0.2, 0) is 16.6 Å². The van der Waals surface area contributed by atoms with E-state index >= 15 is 0 Å². The van der Waals surface area contributed by atoms with E-state index in [-0.39, 0.29) is 0 Å². The Hall–Kier alpha value is -0.430. The number of nitrogens with two attached hydrogens (primary N) is 1. The molecule has 0 saturated heterocycles. The van der Waals surface area contributed by atoms with E-state index in [1.165, 1.54) is 15.6 Å². The first-order valence-electron chi connectivity index (χ1n) is 5.69. The van der Waals surface area contributed by atoms with Crippen molar-refractivity contribution in [1.82, 2.24) is 4.31 Å². The summed E-state index contributed by atoms with van der Waals surface area (Å²) in [5.41, 5.74) is 6.36. The molecule has 0 saturated carbocycles. The average Bonchev–Trinajstić information content (AvgIpc) is 2.74. The van der Waals surface area contributed by atoms with Gasteiger partial charge in [0, 0.05) is 19.6 Å². The molecule has 98 valence electrons. The highest BCUT2D eigenvalue weighted by Crippen LogP contribution is 2.24. The van der Waals surface area contributed by atoms with E-state index in [1.807, 2.05) is 20.8 Å². The minimum atomic E-state index is -3.34. The first-order valence-corrected chi connectivity index (χ1v) is 8.01. The quantitative estimate of drug-likeness (QED) is 0.862. The number of nitrogens with zero attached hydrogens (tertiary/aromatic N) is 1. The van der Waals surface area contributed by atoms with Gasteiger partial charge in [0.2, 0.25) is 0 Å². The second kappa shape index (κ2) is 5.95. The molecule has 2 N–H and O–H groups in total. The first-order chi connectivity index (χ1) is 7.91. The van der Waals surface area contributed by atoms with Crippen molar-refractivity contribution in [3.05, 3.63) is 17.0 Å². The van der Waals surface area contributed by atoms with Crippen molar-refractivity contribution < 1.29 is 8.42 Å². The number of thiophene rings is 1. The largest absolute Gasteiger partial charge is 0.326 e. The number of sulfonamides is 1. The van der Waals surface area contributed by atoms with Crippen LogP contribution in [0.3, 0.4) is 0 Å². The van der Waals surface area contributed by atoms with Crippen molar-refractivity contribution in [2.24, 2.45) is 11.7 Å². The van der Waals surface area contributed by atoms with E-state index in [2.05, 4.69) is 0 Å². The van der Waals surface area contributed by atoms with Crippen molar-refractivity contribution in [3.63, 3.8) is 0 Å². The van der Waals surface area contributed by atoms with Crippen molar-refractivity contribution in [2.45, 2.75) is 31.5 Å². The molecule has 6 heteroatoms. The molecule has 1 heterocycles. The third-order valence-corrected chi connectivity index (χ3v) is 5.79. The van der Waals surface area contributed by atoms with E-state index in [0.29, 0.717) is 29.8 Å². The molecule has 0 unspecified atom stereocenters. The van der Waals surface area contributed by atoms with Crippen molar-refractivity contribution in [1.29, 1.82) is 0 Å². The van der Waals surface area contributed by atoms with Crippen LogP contribution in [0.2, 0.25) is 0 Å². The van der Waals surface area contributed by atoms with E-state index < -0.39 is 10.0 Å². The second-order valence-electron chi connectivity index (χ2n) is 4.33. The highest BCUT2D eigenvalue weighted by atomic mass is 32.2. The Morgan fingerprint density at radius 2 is 2.12 bits per heavy atom. The highest BCUT2D eigenvalue weighted by Gasteiger charge is 2.25. The Balaban J connectivity index is 2.99. The predicted molar refractivity (Wildman–Crippen MR) is 71.5 cm³/mol. The summed E-state index contributed by atoms with van der Waals surface area (Å²) in [5.74, 6) is 0.318. The van der Waals surface area contributed by atoms with Gasteiger partial charge in [-0.25, -0.2) is 8.42 Å². The zero-order chi connectivity index (χ0) is 13.1. The molecule has 4 nitrogen and oxygen atoms in total. The van der Waals surface area contributed by atoms with Crippen LogP contribution in [0.4, 0.5) is 0 Å². The summed E-state index contributed by atoms with van der Waals surface area (Å²) >= 11 is 1.24. The molecule has 0 aromatic carbocycles. The highest BCUT2D eigenvalue weighted by molar-refractivity contribution is 7.91. The molecule has 0 radical (unpaired) electrons. The number of hydrogen-bond donors (Lipinski definition) is 1. The topological polar surface area (TPSA) is 63.4 Å². The van der Waals surface area contributed by atoms with E-state index in [0.717, 1.165) is 5.56 Å². The van der Waals surface area contributed by atoms with Crippen molar-refractivity contribution in [2.75, 3.05) is 13.1 Å². The summed E-state index contributed by atoms with van der Waals surface area (Å²) in [5, 5.41) is 1.80. The van der Waals surface area contributed by atoms with Gasteiger partial charge in [-0.2, -0.15) is 4.31 Å². The molecule has 0 amide bonds. The van der Waals surface area contributed by atoms with Gasteiger partial charge in [0.05, 0.1) is 0 Å². The molecule has 0 spiro atoms. The summed E-state index contributed by atoms with van der Waals surface area (Å²) in [4.78, 5) is 0. The molecule has 1 aromatic heterocycles. The maximum atomic E-state index is 12.3. The van der Waals surface area contributed by atoms with Crippen LogP contribution in [0.5, 0.6) is 0 Å². The number of hydrogen-bond acceptors (Lipinski definition) is 4. The zero-order valence-electron chi connectivity index (χ0n) is 10.5. The average molecular weight is 276 g/mol. The summed E-state index contributed by atoms with van der Waals surface area (Å²) in [6, 6.07) is 1.67. The smallest absolute Gasteiger partial charge is 0.252 e. The van der Waals surface area contributed by atoms with Gasteiger partial charge in [0.15, 0.2) is 0 Å². The lowest BCUT2D eigenvalue weighted by Gasteiger charge is -2.21. The molecule has 1 rings (SSSR count). The lowest BCUT2D eigenvalue weighted by molar-refractivity contribution is 0.382. The molecule has 0 atom stereocenters. The fraction of sp³-hybridized carbons (Fsp3) is 0.636. The maximum Gasteiger partial charge on any atom is 0.252 e. The Kier molecular flexibility index (Phi) is 5.12. The van der Waals surface area contributed by atoms with Crippen LogP contribution in [-0.4, -0.2) is 25.8 Å². The lowest BCUT2D eigenvalue weighted by atomic mass is 10.2. The normalized spacial score (nSPS) is 12.6. The lowest BCUT2D eigenvalue weighted by Crippen LogP contribution is -2.33. The summed E-state index contributed by atoms with van der Waals surface area (Å²) in [6.45, 7) is 7.31. The first kappa shape index (κ1) is 14.6. The van der Waals surface area contributed by atoms with Gasteiger partial charge in [-0.3, -0.25) is 0 Å². The molecular formula is C11H20N2O2S2. The van der Waals surface area contributed by atoms with Gasteiger partial charge < -0.3 is 5.73 Å². The predicted octanol–water partition coefficient (Wildman–Crippen LogP) is 1.87. The third-order valence-electron chi connectivity index (χ3n) is 2.38. The van der Waals surface area contributed by atoms with Crippen molar-refractivity contribution >= 4 is 21.4 Å². The van der Waals surface area contributed by atoms with E-state index in [1.54, 1.807) is 11.4 Å². The molecule has 0 bridgehead atoms. The monoisotopic (exact) mass is 276 g/mol. The van der Waals surface area contributed by atoms with Crippen LogP contribution >= 0.6 is 11.3 Å². The Labute approximate surface area is 107 Å². The van der Waals surface area contributed by atoms with Gasteiger partial charge in [-0.1, -0.05) is 20.8 Å². The molecule has 0 aliphatic rings. The Morgan fingerprint density at radius 3 is 2.53 bits per heavy atom. The summed E-state index contributed by atoms with van der Waals surface area (Å²) < 4.78 is 26.6. The maximum absolute atomic E-state index is 12.3. The molecular weight excluding hydrogens is 256 g/mol. The van der Waals surface area contributed by atoms with Gasteiger partial charge in [-0.15, -0.1) is 11.3 Å². The van der Waals surface area contributed by atoms with E-state index in [9.17, 15) is 8.42 Å². The minimum Gasteiger partial charge on any atom is -0.326 e. The molecule has 17 heavy (non-hydrogen) atoms. The van der Waals surface area contributed by atoms with Gasteiger partial charge in [0.25, 0.3) is 10.0 Å². The zero-order valence-corrected chi connectivity index (χ0v) is 12.1. The van der Waals surface area contributed by atoms with Crippen molar-refractivity contribution in [3.8, 4) is 0 Å². The van der Waals surface area contributed by atoms with Crippen LogP contribution in [0.15, 0.2) is 15.7 Å². The van der Waals surface area contributed by atoms with Crippen LogP contribution in [0, 0.1) is 5.92 Å². The minimum absolute atomic E-state index is 0.318. The number of rotatable bonds is 6. The van der Waals surface area contributed by atoms with Gasteiger partial charge in [-0.05, 0) is 22.9 Å². The van der Waals surface area contributed by atoms with Crippen LogP contribution in [0.1, 0.15) is 26.3 Å². The molecule has 0 aliphatic heterocycles. The van der Waals surface area contributed by atoms with Gasteiger partial charge in [0.1, 0.15) is 4.21 Å². The summed E-state index contributed by atoms with van der Waals surface area (Å²) in [7, 11) is -3.34.